The molecule has 0 aliphatic heterocycles. The molecule has 1 atom stereocenters. The van der Waals surface area contributed by atoms with E-state index in [0.29, 0.717) is 39.4 Å². The summed E-state index contributed by atoms with van der Waals surface area (Å²) in [7, 11) is 0. The van der Waals surface area contributed by atoms with Gasteiger partial charge in [0.1, 0.15) is 11.3 Å². The number of carbonyl (C=O) groups excluding carboxylic acids is 1. The summed E-state index contributed by atoms with van der Waals surface area (Å²) < 4.78 is 0. The summed E-state index contributed by atoms with van der Waals surface area (Å²) in [4.78, 5) is 17.1. The van der Waals surface area contributed by atoms with E-state index in [-0.39, 0.29) is 11.7 Å². The number of benzene rings is 3. The second-order valence-electron chi connectivity index (χ2n) is 7.24. The molecule has 2 N–H and O–H groups in total. The maximum atomic E-state index is 12.8. The normalized spacial score (nSPS) is 11.9. The lowest BCUT2D eigenvalue weighted by molar-refractivity contribution is -0.121. The third kappa shape index (κ3) is 4.82. The van der Waals surface area contributed by atoms with Crippen LogP contribution in [0.15, 0.2) is 79.0 Å². The fourth-order valence-corrected chi connectivity index (χ4v) is 4.06. The number of nitrogens with one attached hydrogen (secondary N) is 1. The number of hydrogen-bond donors (Lipinski definition) is 2. The summed E-state index contributed by atoms with van der Waals surface area (Å²) >= 11 is 12.7. The molecule has 0 radical (unpaired) electrons. The van der Waals surface area contributed by atoms with E-state index in [9.17, 15) is 9.90 Å². The Morgan fingerprint density at radius 2 is 1.81 bits per heavy atom. The van der Waals surface area contributed by atoms with Gasteiger partial charge in [0, 0.05) is 28.6 Å². The Kier molecular flexibility index (Phi) is 6.40. The lowest BCUT2D eigenvalue weighted by Crippen LogP contribution is -2.29. The highest BCUT2D eigenvalue weighted by molar-refractivity contribution is 6.35. The molecule has 6 heteroatoms. The van der Waals surface area contributed by atoms with Gasteiger partial charge in [-0.3, -0.25) is 9.78 Å². The van der Waals surface area contributed by atoms with Crippen molar-refractivity contribution in [3.63, 3.8) is 0 Å². The van der Waals surface area contributed by atoms with Gasteiger partial charge in [0.25, 0.3) is 0 Å². The van der Waals surface area contributed by atoms with Crippen LogP contribution >= 0.6 is 23.2 Å². The van der Waals surface area contributed by atoms with Crippen LogP contribution in [-0.4, -0.2) is 16.0 Å². The summed E-state index contributed by atoms with van der Waals surface area (Å²) in [6, 6.07) is 21.6. The van der Waals surface area contributed by atoms with E-state index in [0.717, 1.165) is 11.1 Å². The maximum absolute atomic E-state index is 12.8. The second kappa shape index (κ2) is 9.38. The minimum Gasteiger partial charge on any atom is -0.505 e. The quantitative estimate of drug-likeness (QED) is 0.373. The smallest absolute Gasteiger partial charge is 0.221 e. The number of amides is 1. The number of fused-ring (bicyclic) bond motifs is 1. The van der Waals surface area contributed by atoms with Gasteiger partial charge in [0.15, 0.2) is 0 Å². The fraction of sp³-hybridized carbons (Fsp3) is 0.120. The number of nitrogens with zero attached hydrogens (tertiary/aromatic N) is 1. The fourth-order valence-electron chi connectivity index (χ4n) is 3.59. The van der Waals surface area contributed by atoms with E-state index in [2.05, 4.69) is 10.3 Å². The highest BCUT2D eigenvalue weighted by Gasteiger charge is 2.23. The maximum Gasteiger partial charge on any atom is 0.221 e. The second-order valence-corrected chi connectivity index (χ2v) is 8.08. The van der Waals surface area contributed by atoms with Crippen LogP contribution in [0.2, 0.25) is 10.0 Å². The number of rotatable bonds is 6. The molecule has 3 aromatic carbocycles. The zero-order valence-corrected chi connectivity index (χ0v) is 18.1. The number of aromatic nitrogens is 1. The topological polar surface area (TPSA) is 62.2 Å². The first-order valence-electron chi connectivity index (χ1n) is 9.88. The third-order valence-electron chi connectivity index (χ3n) is 5.13. The van der Waals surface area contributed by atoms with Gasteiger partial charge in [-0.2, -0.15) is 0 Å². The van der Waals surface area contributed by atoms with E-state index >= 15 is 0 Å². The molecule has 0 spiro atoms. The first-order chi connectivity index (χ1) is 15.0. The van der Waals surface area contributed by atoms with Gasteiger partial charge in [-0.25, -0.2) is 0 Å². The molecule has 31 heavy (non-hydrogen) atoms. The highest BCUT2D eigenvalue weighted by Crippen LogP contribution is 2.38. The minimum atomic E-state index is -0.633. The Labute approximate surface area is 190 Å². The van der Waals surface area contributed by atoms with E-state index < -0.39 is 6.04 Å². The number of halogens is 2. The first-order valence-corrected chi connectivity index (χ1v) is 10.6. The predicted molar refractivity (Wildman–Crippen MR) is 125 cm³/mol. The average molecular weight is 451 g/mol. The zero-order valence-electron chi connectivity index (χ0n) is 16.6. The van der Waals surface area contributed by atoms with Crippen LogP contribution in [0, 0.1) is 0 Å². The van der Waals surface area contributed by atoms with Crippen LogP contribution in [0.4, 0.5) is 0 Å². The summed E-state index contributed by atoms with van der Waals surface area (Å²) in [6.07, 6.45) is 2.51. The standard InChI is InChI=1S/C25H20Cl2N2O2/c26-18-9-4-8-17(14-18)23(29-22(30)12-11-16-6-2-1-3-7-16)20-15-21(27)19-10-5-13-28-24(19)25(20)31/h1-10,13-15,23,31H,11-12H2,(H,29,30). The number of phenols is 1. The molecule has 4 nitrogen and oxygen atoms in total. The van der Waals surface area contributed by atoms with E-state index in [1.807, 2.05) is 36.4 Å². The van der Waals surface area contributed by atoms with Gasteiger partial charge in [0.05, 0.1) is 11.1 Å². The third-order valence-corrected chi connectivity index (χ3v) is 5.67. The van der Waals surface area contributed by atoms with Crippen molar-refractivity contribution < 1.29 is 9.90 Å². The van der Waals surface area contributed by atoms with Crippen molar-refractivity contribution >= 4 is 40.0 Å². The SMILES string of the molecule is O=C(CCc1ccccc1)NC(c1cccc(Cl)c1)c1cc(Cl)c2cccnc2c1O. The van der Waals surface area contributed by atoms with Gasteiger partial charge >= 0.3 is 0 Å². The van der Waals surface area contributed by atoms with Crippen LogP contribution in [0.25, 0.3) is 10.9 Å². The average Bonchev–Trinajstić information content (AvgIpc) is 2.79. The van der Waals surface area contributed by atoms with E-state index in [1.54, 1.807) is 42.6 Å². The van der Waals surface area contributed by atoms with Crippen LogP contribution in [0.1, 0.15) is 29.2 Å². The summed E-state index contributed by atoms with van der Waals surface area (Å²) in [5.74, 6) is -0.168. The van der Waals surface area contributed by atoms with Crippen LogP contribution in [-0.2, 0) is 11.2 Å². The number of carbonyl (C=O) groups is 1. The van der Waals surface area contributed by atoms with Gasteiger partial charge < -0.3 is 10.4 Å². The molecule has 1 aromatic heterocycles. The van der Waals surface area contributed by atoms with Gasteiger partial charge in [-0.1, -0.05) is 65.7 Å². The van der Waals surface area contributed by atoms with Gasteiger partial charge in [-0.05, 0) is 47.9 Å². The number of phenolic OH excluding ortho intramolecular Hbond substituents is 1. The van der Waals surface area contributed by atoms with Crippen LogP contribution in [0.5, 0.6) is 5.75 Å². The predicted octanol–water partition coefficient (Wildman–Crippen LogP) is 6.09. The lowest BCUT2D eigenvalue weighted by atomic mass is 9.95. The van der Waals surface area contributed by atoms with Crippen LogP contribution in [0.3, 0.4) is 0 Å². The molecule has 1 unspecified atom stereocenters. The molecule has 1 amide bonds. The monoisotopic (exact) mass is 450 g/mol. The molecule has 156 valence electrons. The Hall–Kier alpha value is -3.08. The molecule has 1 heterocycles. The molecule has 0 saturated carbocycles. The molecule has 0 bridgehead atoms. The van der Waals surface area contributed by atoms with Crippen molar-refractivity contribution in [2.24, 2.45) is 0 Å². The molecular formula is C25H20Cl2N2O2. The zero-order chi connectivity index (χ0) is 21.8. The Morgan fingerprint density at radius 3 is 2.58 bits per heavy atom. The van der Waals surface area contributed by atoms with Crippen molar-refractivity contribution in [1.29, 1.82) is 0 Å². The lowest BCUT2D eigenvalue weighted by Gasteiger charge is -2.22. The molecule has 0 fully saturated rings. The summed E-state index contributed by atoms with van der Waals surface area (Å²) in [6.45, 7) is 0. The largest absolute Gasteiger partial charge is 0.505 e. The molecular weight excluding hydrogens is 431 g/mol. The number of aromatic hydroxyl groups is 1. The van der Waals surface area contributed by atoms with Crippen molar-refractivity contribution in [1.82, 2.24) is 10.3 Å². The Balaban J connectivity index is 1.69. The number of hydrogen-bond acceptors (Lipinski definition) is 3. The molecule has 0 aliphatic rings. The highest BCUT2D eigenvalue weighted by atomic mass is 35.5. The van der Waals surface area contributed by atoms with Crippen molar-refractivity contribution in [3.8, 4) is 5.75 Å². The van der Waals surface area contributed by atoms with E-state index in [4.69, 9.17) is 23.2 Å². The molecule has 0 saturated heterocycles. The van der Waals surface area contributed by atoms with Crippen molar-refractivity contribution in [3.05, 3.63) is 106 Å². The Morgan fingerprint density at radius 1 is 1.00 bits per heavy atom. The Bertz CT molecular complexity index is 1230. The number of pyridine rings is 1. The van der Waals surface area contributed by atoms with Gasteiger partial charge in [-0.15, -0.1) is 0 Å². The van der Waals surface area contributed by atoms with Crippen molar-refractivity contribution in [2.45, 2.75) is 18.9 Å². The van der Waals surface area contributed by atoms with E-state index in [1.165, 1.54) is 0 Å². The van der Waals surface area contributed by atoms with Gasteiger partial charge in [0.2, 0.25) is 5.91 Å². The first kappa shape index (κ1) is 21.2. The van der Waals surface area contributed by atoms with Crippen molar-refractivity contribution in [2.75, 3.05) is 0 Å². The number of aryl methyl sites for hydroxylation is 1. The van der Waals surface area contributed by atoms with Crippen LogP contribution < -0.4 is 5.32 Å². The molecule has 4 rings (SSSR count). The summed E-state index contributed by atoms with van der Waals surface area (Å²) in [5, 5.41) is 15.6. The molecule has 4 aromatic rings. The minimum absolute atomic E-state index is 0.0201. The molecule has 0 aliphatic carbocycles. The summed E-state index contributed by atoms with van der Waals surface area (Å²) in [5.41, 5.74) is 2.67.